The van der Waals surface area contributed by atoms with E-state index < -0.39 is 24.3 Å². The molecule has 0 aliphatic carbocycles. The lowest BCUT2D eigenvalue weighted by Gasteiger charge is -2.37. The second kappa shape index (κ2) is 10.3. The first-order valence-corrected chi connectivity index (χ1v) is 10.9. The van der Waals surface area contributed by atoms with E-state index in [4.69, 9.17) is 6.42 Å². The highest BCUT2D eigenvalue weighted by atomic mass is 19.4. The molecule has 1 amide bonds. The molecule has 33 heavy (non-hydrogen) atoms. The summed E-state index contributed by atoms with van der Waals surface area (Å²) in [6.45, 7) is 4.16. The molecule has 3 rings (SSSR count). The van der Waals surface area contributed by atoms with Crippen LogP contribution in [0.4, 0.5) is 23.7 Å². The number of terminal acetylenes is 1. The van der Waals surface area contributed by atoms with E-state index in [1.54, 1.807) is 0 Å². The minimum atomic E-state index is -4.59. The van der Waals surface area contributed by atoms with Gasteiger partial charge in [-0.1, -0.05) is 12.0 Å². The third kappa shape index (κ3) is 6.32. The van der Waals surface area contributed by atoms with Crippen LogP contribution in [0.1, 0.15) is 30.9 Å². The Bertz CT molecular complexity index is 899. The zero-order valence-corrected chi connectivity index (χ0v) is 18.5. The van der Waals surface area contributed by atoms with Gasteiger partial charge in [0.15, 0.2) is 6.10 Å². The van der Waals surface area contributed by atoms with Crippen molar-refractivity contribution in [1.29, 1.82) is 0 Å². The predicted octanol–water partition coefficient (Wildman–Crippen LogP) is 3.17. The molecule has 2 saturated heterocycles. The molecule has 1 atom stereocenters. The molecule has 2 aliphatic heterocycles. The molecule has 1 aromatic rings. The zero-order valence-electron chi connectivity index (χ0n) is 18.5. The molecule has 7 nitrogen and oxygen atoms in total. The number of rotatable bonds is 5. The van der Waals surface area contributed by atoms with Gasteiger partial charge in [0.2, 0.25) is 0 Å². The number of hydrogen-bond acceptors (Lipinski definition) is 5. The lowest BCUT2D eigenvalue weighted by Crippen LogP contribution is -2.49. The van der Waals surface area contributed by atoms with E-state index in [0.717, 1.165) is 23.7 Å². The summed E-state index contributed by atoms with van der Waals surface area (Å²) < 4.78 is 42.4. The molecule has 10 heteroatoms. The minimum Gasteiger partial charge on any atom is -0.481 e. The highest BCUT2D eigenvalue weighted by Crippen LogP contribution is 2.29. The minimum absolute atomic E-state index is 0.269. The van der Waals surface area contributed by atoms with E-state index in [1.165, 1.54) is 4.90 Å². The second-order valence-electron chi connectivity index (χ2n) is 8.42. The van der Waals surface area contributed by atoms with E-state index >= 15 is 0 Å². The number of benzene rings is 1. The highest BCUT2D eigenvalue weighted by Gasteiger charge is 2.40. The van der Waals surface area contributed by atoms with Crippen molar-refractivity contribution in [3.05, 3.63) is 29.3 Å². The van der Waals surface area contributed by atoms with Crippen molar-refractivity contribution in [3.8, 4) is 12.3 Å². The van der Waals surface area contributed by atoms with Crippen LogP contribution in [0.15, 0.2) is 18.2 Å². The summed E-state index contributed by atoms with van der Waals surface area (Å²) in [5.74, 6) is 1.53. The van der Waals surface area contributed by atoms with Gasteiger partial charge in [-0.25, -0.2) is 4.79 Å². The Morgan fingerprint density at radius 3 is 2.36 bits per heavy atom. The van der Waals surface area contributed by atoms with Crippen molar-refractivity contribution >= 4 is 17.7 Å². The average Bonchev–Trinajstić information content (AvgIpc) is 2.79. The number of amides is 1. The van der Waals surface area contributed by atoms with Gasteiger partial charge >= 0.3 is 18.2 Å². The lowest BCUT2D eigenvalue weighted by atomic mass is 9.95. The van der Waals surface area contributed by atoms with Crippen molar-refractivity contribution in [3.63, 3.8) is 0 Å². The molecule has 1 unspecified atom stereocenters. The van der Waals surface area contributed by atoms with E-state index in [0.29, 0.717) is 45.6 Å². The highest BCUT2D eigenvalue weighted by molar-refractivity contribution is 5.70. The maximum atomic E-state index is 12.6. The fraction of sp³-hybridized carbons (Fsp3) is 0.565. The van der Waals surface area contributed by atoms with Gasteiger partial charge in [-0.05, 0) is 37.5 Å². The molecule has 0 radical (unpaired) electrons. The number of carboxylic acid groups (broad SMARTS) is 1. The van der Waals surface area contributed by atoms with Crippen molar-refractivity contribution in [1.82, 2.24) is 9.80 Å². The molecule has 1 aromatic carbocycles. The summed E-state index contributed by atoms with van der Waals surface area (Å²) in [7, 11) is 0. The van der Waals surface area contributed by atoms with E-state index in [9.17, 15) is 27.9 Å². The van der Waals surface area contributed by atoms with E-state index in [2.05, 4.69) is 20.5 Å². The Kier molecular flexibility index (Phi) is 7.74. The van der Waals surface area contributed by atoms with Crippen molar-refractivity contribution in [2.75, 3.05) is 44.2 Å². The summed E-state index contributed by atoms with van der Waals surface area (Å²) in [6, 6.07) is 5.75. The first kappa shape index (κ1) is 24.7. The van der Waals surface area contributed by atoms with Crippen molar-refractivity contribution < 1.29 is 32.6 Å². The maximum absolute atomic E-state index is 12.6. The number of carbonyl (C=O) groups is 2. The van der Waals surface area contributed by atoms with Gasteiger partial charge in [-0.3, -0.25) is 9.69 Å². The van der Waals surface area contributed by atoms with Crippen molar-refractivity contribution in [2.24, 2.45) is 5.92 Å². The topological polar surface area (TPSA) is 73.3 Å². The molecular formula is C23H28F3N3O4. The maximum Gasteiger partial charge on any atom is 0.425 e. The Balaban J connectivity index is 1.61. The molecular weight excluding hydrogens is 439 g/mol. The Morgan fingerprint density at radius 2 is 1.82 bits per heavy atom. The zero-order chi connectivity index (χ0) is 24.2. The van der Waals surface area contributed by atoms with E-state index in [1.807, 2.05) is 18.2 Å². The third-order valence-corrected chi connectivity index (χ3v) is 6.20. The number of hydrogen-bond donors (Lipinski definition) is 1. The molecule has 2 fully saturated rings. The molecule has 1 N–H and O–H groups in total. The van der Waals surface area contributed by atoms with Gasteiger partial charge in [-0.15, -0.1) is 6.42 Å². The fourth-order valence-electron chi connectivity index (χ4n) is 4.07. The van der Waals surface area contributed by atoms with Crippen LogP contribution in [-0.2, 0) is 16.1 Å². The first-order chi connectivity index (χ1) is 15.6. The molecule has 0 saturated carbocycles. The van der Waals surface area contributed by atoms with Crippen LogP contribution >= 0.6 is 0 Å². The number of aliphatic carboxylic acids is 1. The van der Waals surface area contributed by atoms with Crippen LogP contribution < -0.4 is 4.90 Å². The number of halogens is 3. The average molecular weight is 467 g/mol. The summed E-state index contributed by atoms with van der Waals surface area (Å²) in [5, 5.41) is 9.25. The Labute approximate surface area is 191 Å². The molecule has 0 spiro atoms. The number of carboxylic acids is 1. The van der Waals surface area contributed by atoms with Crippen LogP contribution in [0.25, 0.3) is 0 Å². The van der Waals surface area contributed by atoms with Crippen LogP contribution in [0.2, 0.25) is 0 Å². The summed E-state index contributed by atoms with van der Waals surface area (Å²) in [6.07, 6.45) is -0.996. The van der Waals surface area contributed by atoms with E-state index in [-0.39, 0.29) is 19.0 Å². The number of ether oxygens (including phenoxy) is 1. The number of carbonyl (C=O) groups excluding carboxylic acids is 1. The van der Waals surface area contributed by atoms with Gasteiger partial charge < -0.3 is 19.6 Å². The van der Waals surface area contributed by atoms with Gasteiger partial charge in [0.05, 0.1) is 5.92 Å². The smallest absolute Gasteiger partial charge is 0.425 e. The molecule has 180 valence electrons. The van der Waals surface area contributed by atoms with Crippen LogP contribution in [0.5, 0.6) is 0 Å². The SMILES string of the molecule is C#Cc1ccc(CN2CCN(C(=O)OC(C)C(F)(F)F)CC2)c(N2CCC(C(=O)O)CC2)c1. The fourth-order valence-corrected chi connectivity index (χ4v) is 4.07. The predicted molar refractivity (Wildman–Crippen MR) is 116 cm³/mol. The standard InChI is InChI=1S/C23H28F3N3O4/c1-3-17-4-5-19(20(14-17)28-8-6-18(7-9-28)21(30)31)15-27-10-12-29(13-11-27)22(32)33-16(2)23(24,25)26/h1,4-5,14,16,18H,6-13,15H2,2H3,(H,30,31). The normalized spacial score (nSPS) is 19.1. The summed E-state index contributed by atoms with van der Waals surface area (Å²) in [4.78, 5) is 28.9. The Morgan fingerprint density at radius 1 is 1.18 bits per heavy atom. The van der Waals surface area contributed by atoms with Gasteiger partial charge in [0.1, 0.15) is 0 Å². The van der Waals surface area contributed by atoms with Crippen molar-refractivity contribution in [2.45, 2.75) is 38.6 Å². The Hall–Kier alpha value is -2.93. The van der Waals surface area contributed by atoms with Gasteiger partial charge in [0.25, 0.3) is 0 Å². The quantitative estimate of drug-likeness (QED) is 0.671. The molecule has 2 aliphatic rings. The summed E-state index contributed by atoms with van der Waals surface area (Å²) in [5.41, 5.74) is 2.74. The molecule has 0 aromatic heterocycles. The third-order valence-electron chi connectivity index (χ3n) is 6.20. The number of nitrogens with zero attached hydrogens (tertiary/aromatic N) is 3. The monoisotopic (exact) mass is 467 g/mol. The van der Waals surface area contributed by atoms with Crippen LogP contribution in [-0.4, -0.2) is 78.5 Å². The number of alkyl halides is 3. The number of piperazine rings is 1. The summed E-state index contributed by atoms with van der Waals surface area (Å²) >= 11 is 0. The molecule has 2 heterocycles. The molecule has 0 bridgehead atoms. The van der Waals surface area contributed by atoms with Gasteiger partial charge in [0, 0.05) is 57.1 Å². The lowest BCUT2D eigenvalue weighted by molar-refractivity contribution is -0.200. The number of piperidine rings is 1. The van der Waals surface area contributed by atoms with Crippen LogP contribution in [0.3, 0.4) is 0 Å². The number of anilines is 1. The van der Waals surface area contributed by atoms with Crippen LogP contribution in [0, 0.1) is 18.3 Å². The second-order valence-corrected chi connectivity index (χ2v) is 8.42. The van der Waals surface area contributed by atoms with Gasteiger partial charge in [-0.2, -0.15) is 13.2 Å². The first-order valence-electron chi connectivity index (χ1n) is 10.9. The largest absolute Gasteiger partial charge is 0.481 e.